The van der Waals surface area contributed by atoms with Crippen molar-refractivity contribution >= 4 is 17.5 Å². The van der Waals surface area contributed by atoms with Crippen LogP contribution < -0.4 is 9.47 Å². The maximum Gasteiger partial charge on any atom is 0.254 e. The predicted octanol–water partition coefficient (Wildman–Crippen LogP) is 4.17. The van der Waals surface area contributed by atoms with E-state index in [1.807, 2.05) is 11.8 Å². The van der Waals surface area contributed by atoms with Gasteiger partial charge in [-0.2, -0.15) is 0 Å². The Bertz CT molecular complexity index is 579. The van der Waals surface area contributed by atoms with E-state index in [4.69, 9.17) is 25.8 Å². The number of hydrogen-bond acceptors (Lipinski definition) is 4. The highest BCUT2D eigenvalue weighted by Crippen LogP contribution is 2.37. The van der Waals surface area contributed by atoms with Crippen molar-refractivity contribution in [1.29, 1.82) is 0 Å². The van der Waals surface area contributed by atoms with E-state index in [0.717, 1.165) is 32.2 Å². The number of likely N-dealkylation sites (tertiary alicyclic amines) is 1. The first-order chi connectivity index (χ1) is 12.1. The molecule has 1 saturated heterocycles. The molecule has 1 aliphatic heterocycles. The SMILES string of the molecule is CCCCOc1c(Cl)cc(C(=O)N2CCCC(OC)C2)cc1OCC. The van der Waals surface area contributed by atoms with Crippen molar-refractivity contribution in [2.45, 2.75) is 45.6 Å². The van der Waals surface area contributed by atoms with E-state index in [1.165, 1.54) is 0 Å². The number of piperidine rings is 1. The van der Waals surface area contributed by atoms with Crippen LogP contribution in [0.5, 0.6) is 11.5 Å². The Balaban J connectivity index is 2.21. The van der Waals surface area contributed by atoms with E-state index in [-0.39, 0.29) is 12.0 Å². The molecule has 1 fully saturated rings. The second-order valence-electron chi connectivity index (χ2n) is 6.17. The molecule has 1 unspecified atom stereocenters. The quantitative estimate of drug-likeness (QED) is 0.645. The summed E-state index contributed by atoms with van der Waals surface area (Å²) >= 11 is 6.39. The van der Waals surface area contributed by atoms with Crippen molar-refractivity contribution in [1.82, 2.24) is 4.90 Å². The topological polar surface area (TPSA) is 48.0 Å². The molecule has 2 rings (SSSR count). The van der Waals surface area contributed by atoms with Gasteiger partial charge in [-0.15, -0.1) is 0 Å². The van der Waals surface area contributed by atoms with Gasteiger partial charge in [0.1, 0.15) is 0 Å². The molecule has 1 amide bonds. The fourth-order valence-electron chi connectivity index (χ4n) is 2.91. The number of nitrogens with zero attached hydrogens (tertiary/aromatic N) is 1. The Morgan fingerprint density at radius 2 is 2.12 bits per heavy atom. The first-order valence-corrected chi connectivity index (χ1v) is 9.39. The maximum atomic E-state index is 12.9. The van der Waals surface area contributed by atoms with E-state index < -0.39 is 0 Å². The van der Waals surface area contributed by atoms with Crippen molar-refractivity contribution in [3.63, 3.8) is 0 Å². The molecule has 1 atom stereocenters. The Morgan fingerprint density at radius 3 is 2.80 bits per heavy atom. The number of ether oxygens (including phenoxy) is 3. The lowest BCUT2D eigenvalue weighted by Crippen LogP contribution is -2.42. The molecule has 0 spiro atoms. The van der Waals surface area contributed by atoms with E-state index in [9.17, 15) is 4.79 Å². The van der Waals surface area contributed by atoms with Gasteiger partial charge >= 0.3 is 0 Å². The molecular formula is C19H28ClNO4. The number of methoxy groups -OCH3 is 1. The molecule has 25 heavy (non-hydrogen) atoms. The van der Waals surface area contributed by atoms with Gasteiger partial charge in [-0.05, 0) is 38.3 Å². The van der Waals surface area contributed by atoms with Gasteiger partial charge in [-0.3, -0.25) is 4.79 Å². The molecule has 5 nitrogen and oxygen atoms in total. The Hall–Kier alpha value is -1.46. The molecule has 6 heteroatoms. The van der Waals surface area contributed by atoms with Crippen LogP contribution in [0.3, 0.4) is 0 Å². The van der Waals surface area contributed by atoms with Crippen LogP contribution in [0.25, 0.3) is 0 Å². The smallest absolute Gasteiger partial charge is 0.254 e. The Morgan fingerprint density at radius 1 is 1.32 bits per heavy atom. The Labute approximate surface area is 155 Å². The van der Waals surface area contributed by atoms with Crippen molar-refractivity contribution in [2.75, 3.05) is 33.4 Å². The van der Waals surface area contributed by atoms with Crippen molar-refractivity contribution in [3.05, 3.63) is 22.7 Å². The number of halogens is 1. The molecule has 1 heterocycles. The van der Waals surface area contributed by atoms with Crippen LogP contribution in [0.2, 0.25) is 5.02 Å². The lowest BCUT2D eigenvalue weighted by atomic mass is 10.1. The van der Waals surface area contributed by atoms with E-state index in [1.54, 1.807) is 19.2 Å². The first-order valence-electron chi connectivity index (χ1n) is 9.01. The summed E-state index contributed by atoms with van der Waals surface area (Å²) in [4.78, 5) is 14.7. The van der Waals surface area contributed by atoms with E-state index >= 15 is 0 Å². The molecular weight excluding hydrogens is 342 g/mol. The Kier molecular flexibility index (Phi) is 7.85. The molecule has 140 valence electrons. The number of benzene rings is 1. The molecule has 1 aromatic rings. The van der Waals surface area contributed by atoms with Gasteiger partial charge < -0.3 is 19.1 Å². The van der Waals surface area contributed by atoms with Crippen LogP contribution in [0.1, 0.15) is 49.9 Å². The zero-order chi connectivity index (χ0) is 18.2. The predicted molar refractivity (Wildman–Crippen MR) is 99.0 cm³/mol. The molecule has 1 aromatic carbocycles. The van der Waals surface area contributed by atoms with Gasteiger partial charge in [-0.1, -0.05) is 24.9 Å². The van der Waals surface area contributed by atoms with Crippen molar-refractivity contribution in [3.8, 4) is 11.5 Å². The molecule has 1 aliphatic rings. The standard InChI is InChI=1S/C19H28ClNO4/c1-4-6-10-25-18-16(20)11-14(12-17(18)24-5-2)19(22)21-9-7-8-15(13-21)23-3/h11-12,15H,4-10,13H2,1-3H3. The van der Waals surface area contributed by atoms with Gasteiger partial charge in [0, 0.05) is 25.8 Å². The third-order valence-corrected chi connectivity index (χ3v) is 4.58. The van der Waals surface area contributed by atoms with E-state index in [2.05, 4.69) is 6.92 Å². The monoisotopic (exact) mass is 369 g/mol. The lowest BCUT2D eigenvalue weighted by molar-refractivity contribution is 0.0268. The van der Waals surface area contributed by atoms with Crippen molar-refractivity contribution < 1.29 is 19.0 Å². The van der Waals surface area contributed by atoms with Crippen LogP contribution in [0.15, 0.2) is 12.1 Å². The average molecular weight is 370 g/mol. The summed E-state index contributed by atoms with van der Waals surface area (Å²) in [5, 5.41) is 0.408. The zero-order valence-corrected chi connectivity index (χ0v) is 16.1. The fraction of sp³-hybridized carbons (Fsp3) is 0.632. The van der Waals surface area contributed by atoms with Crippen LogP contribution in [-0.2, 0) is 4.74 Å². The van der Waals surface area contributed by atoms with Gasteiger partial charge in [0.2, 0.25) is 0 Å². The highest BCUT2D eigenvalue weighted by atomic mass is 35.5. The number of hydrogen-bond donors (Lipinski definition) is 0. The molecule has 0 aromatic heterocycles. The summed E-state index contributed by atoms with van der Waals surface area (Å²) in [5.74, 6) is 0.987. The van der Waals surface area contributed by atoms with Gasteiger partial charge in [0.15, 0.2) is 11.5 Å². The highest BCUT2D eigenvalue weighted by Gasteiger charge is 2.26. The second-order valence-corrected chi connectivity index (χ2v) is 6.58. The number of rotatable bonds is 8. The summed E-state index contributed by atoms with van der Waals surface area (Å²) in [7, 11) is 1.69. The van der Waals surface area contributed by atoms with Crippen LogP contribution in [-0.4, -0.2) is 50.3 Å². The molecule has 0 N–H and O–H groups in total. The number of unbranched alkanes of at least 4 members (excludes halogenated alkanes) is 1. The fourth-order valence-corrected chi connectivity index (χ4v) is 3.18. The summed E-state index contributed by atoms with van der Waals surface area (Å²) in [6, 6.07) is 3.40. The number of carbonyl (C=O) groups is 1. The minimum absolute atomic E-state index is 0.0512. The highest BCUT2D eigenvalue weighted by molar-refractivity contribution is 6.32. The van der Waals surface area contributed by atoms with E-state index in [0.29, 0.717) is 41.8 Å². The third-order valence-electron chi connectivity index (χ3n) is 4.30. The zero-order valence-electron chi connectivity index (χ0n) is 15.3. The summed E-state index contributed by atoms with van der Waals surface area (Å²) in [6.07, 6.45) is 3.99. The summed E-state index contributed by atoms with van der Waals surface area (Å²) in [6.45, 7) is 6.38. The van der Waals surface area contributed by atoms with Crippen LogP contribution in [0, 0.1) is 0 Å². The lowest BCUT2D eigenvalue weighted by Gasteiger charge is -2.32. The molecule has 0 aliphatic carbocycles. The summed E-state index contributed by atoms with van der Waals surface area (Å²) < 4.78 is 16.8. The number of carbonyl (C=O) groups excluding carboxylic acids is 1. The average Bonchev–Trinajstić information content (AvgIpc) is 2.63. The minimum Gasteiger partial charge on any atom is -0.490 e. The molecule has 0 saturated carbocycles. The van der Waals surface area contributed by atoms with Gasteiger partial charge in [-0.25, -0.2) is 0 Å². The molecule has 0 bridgehead atoms. The maximum absolute atomic E-state index is 12.9. The van der Waals surface area contributed by atoms with Crippen molar-refractivity contribution in [2.24, 2.45) is 0 Å². The number of amides is 1. The van der Waals surface area contributed by atoms with Gasteiger partial charge in [0.05, 0.1) is 24.3 Å². The first kappa shape index (κ1) is 19.9. The molecule has 0 radical (unpaired) electrons. The third kappa shape index (κ3) is 5.25. The minimum atomic E-state index is -0.0512. The summed E-state index contributed by atoms with van der Waals surface area (Å²) in [5.41, 5.74) is 0.521. The normalized spacial score (nSPS) is 17.4. The second kappa shape index (κ2) is 9.88. The van der Waals surface area contributed by atoms with Crippen LogP contribution >= 0.6 is 11.6 Å². The van der Waals surface area contributed by atoms with Gasteiger partial charge in [0.25, 0.3) is 5.91 Å². The largest absolute Gasteiger partial charge is 0.490 e. The van der Waals surface area contributed by atoms with Crippen LogP contribution in [0.4, 0.5) is 0 Å².